The second kappa shape index (κ2) is 4.33. The van der Waals surface area contributed by atoms with Crippen LogP contribution in [0.2, 0.25) is 0 Å². The van der Waals surface area contributed by atoms with Crippen LogP contribution in [0, 0.1) is 0 Å². The van der Waals surface area contributed by atoms with Gasteiger partial charge in [0.15, 0.2) is 0 Å². The van der Waals surface area contributed by atoms with Crippen LogP contribution in [0.1, 0.15) is 17.7 Å². The van der Waals surface area contributed by atoms with Crippen molar-refractivity contribution >= 4 is 23.0 Å². The Bertz CT molecular complexity index is 476. The lowest BCUT2D eigenvalue weighted by molar-refractivity contribution is 0.766. The molecule has 0 aliphatic heterocycles. The van der Waals surface area contributed by atoms with Crippen molar-refractivity contribution in [2.24, 2.45) is 0 Å². The van der Waals surface area contributed by atoms with Crippen molar-refractivity contribution < 1.29 is 0 Å². The van der Waals surface area contributed by atoms with Crippen molar-refractivity contribution in [2.75, 3.05) is 10.6 Å². The number of nitrogen functional groups attached to an aromatic ring is 1. The number of hydrogen-bond donors (Lipinski definition) is 1. The smallest absolute Gasteiger partial charge is 0.225 e. The lowest BCUT2D eigenvalue weighted by atomic mass is 10.4. The van der Waals surface area contributed by atoms with E-state index in [-0.39, 0.29) is 0 Å². The molecule has 0 bridgehead atoms. The zero-order valence-electron chi connectivity index (χ0n) is 9.41. The summed E-state index contributed by atoms with van der Waals surface area (Å²) in [5.74, 6) is 0.787. The third kappa shape index (κ3) is 2.39. The van der Waals surface area contributed by atoms with E-state index in [4.69, 9.17) is 5.73 Å². The Morgan fingerprint density at radius 3 is 2.71 bits per heavy atom. The van der Waals surface area contributed by atoms with Gasteiger partial charge in [0.05, 0.1) is 24.6 Å². The van der Waals surface area contributed by atoms with Crippen LogP contribution >= 0.6 is 11.3 Å². The fourth-order valence-electron chi connectivity index (χ4n) is 1.80. The molecule has 0 atom stereocenters. The minimum absolute atomic E-state index is 0.598. The Morgan fingerprint density at radius 2 is 2.12 bits per heavy atom. The van der Waals surface area contributed by atoms with E-state index in [1.807, 2.05) is 0 Å². The van der Waals surface area contributed by atoms with Gasteiger partial charge < -0.3 is 10.6 Å². The Morgan fingerprint density at radius 1 is 1.35 bits per heavy atom. The lowest BCUT2D eigenvalue weighted by Crippen LogP contribution is -2.26. The first-order chi connectivity index (χ1) is 8.33. The fourth-order valence-corrected chi connectivity index (χ4v) is 2.50. The highest BCUT2D eigenvalue weighted by Gasteiger charge is 2.30. The van der Waals surface area contributed by atoms with E-state index < -0.39 is 0 Å². The first kappa shape index (κ1) is 10.5. The molecule has 2 aromatic heterocycles. The van der Waals surface area contributed by atoms with Gasteiger partial charge in [-0.3, -0.25) is 0 Å². The van der Waals surface area contributed by atoms with Crippen LogP contribution in [0.5, 0.6) is 0 Å². The molecule has 1 saturated carbocycles. The van der Waals surface area contributed by atoms with Gasteiger partial charge in [0.25, 0.3) is 0 Å². The molecule has 0 aromatic carbocycles. The maximum absolute atomic E-state index is 5.61. The number of aromatic nitrogens is 2. The predicted octanol–water partition coefficient (Wildman–Crippen LogP) is 2.29. The van der Waals surface area contributed by atoms with Gasteiger partial charge in [0.2, 0.25) is 5.95 Å². The number of nitrogens with two attached hydrogens (primary N) is 1. The van der Waals surface area contributed by atoms with Crippen molar-refractivity contribution in [3.05, 3.63) is 34.8 Å². The maximum Gasteiger partial charge on any atom is 0.225 e. The van der Waals surface area contributed by atoms with E-state index in [9.17, 15) is 0 Å². The van der Waals surface area contributed by atoms with Gasteiger partial charge >= 0.3 is 0 Å². The quantitative estimate of drug-likeness (QED) is 0.899. The molecule has 2 aromatic rings. The molecule has 0 radical (unpaired) electrons. The zero-order chi connectivity index (χ0) is 11.7. The minimum atomic E-state index is 0.598. The largest absolute Gasteiger partial charge is 0.396 e. The third-order valence-electron chi connectivity index (χ3n) is 2.81. The van der Waals surface area contributed by atoms with Crippen molar-refractivity contribution in [3.8, 4) is 0 Å². The van der Waals surface area contributed by atoms with E-state index >= 15 is 0 Å². The molecule has 0 saturated heterocycles. The van der Waals surface area contributed by atoms with Crippen molar-refractivity contribution in [3.63, 3.8) is 0 Å². The van der Waals surface area contributed by atoms with Crippen LogP contribution in [-0.2, 0) is 6.54 Å². The Hall–Kier alpha value is -1.62. The van der Waals surface area contributed by atoms with Crippen LogP contribution in [0.15, 0.2) is 29.9 Å². The molecule has 0 amide bonds. The number of rotatable bonds is 4. The number of anilines is 2. The van der Waals surface area contributed by atoms with Gasteiger partial charge in [-0.1, -0.05) is 6.07 Å². The summed E-state index contributed by atoms with van der Waals surface area (Å²) in [7, 11) is 0. The highest BCUT2D eigenvalue weighted by Crippen LogP contribution is 2.31. The van der Waals surface area contributed by atoms with Crippen molar-refractivity contribution in [1.82, 2.24) is 9.97 Å². The molecule has 2 heterocycles. The van der Waals surface area contributed by atoms with E-state index in [0.717, 1.165) is 12.5 Å². The number of nitrogens with zero attached hydrogens (tertiary/aromatic N) is 3. The average molecular weight is 246 g/mol. The average Bonchev–Trinajstić information content (AvgIpc) is 3.05. The molecule has 3 rings (SSSR count). The van der Waals surface area contributed by atoms with Crippen LogP contribution in [0.25, 0.3) is 0 Å². The molecule has 1 aliphatic rings. The molecule has 0 unspecified atom stereocenters. The topological polar surface area (TPSA) is 55.0 Å². The Kier molecular flexibility index (Phi) is 2.68. The Balaban J connectivity index is 1.82. The Labute approximate surface area is 104 Å². The lowest BCUT2D eigenvalue weighted by Gasteiger charge is -2.21. The second-order valence-corrected chi connectivity index (χ2v) is 5.29. The van der Waals surface area contributed by atoms with Crippen molar-refractivity contribution in [2.45, 2.75) is 25.4 Å². The summed E-state index contributed by atoms with van der Waals surface area (Å²) in [6.45, 7) is 0.895. The highest BCUT2D eigenvalue weighted by atomic mass is 32.1. The molecule has 2 N–H and O–H groups in total. The van der Waals surface area contributed by atoms with E-state index in [1.165, 1.54) is 17.7 Å². The van der Waals surface area contributed by atoms with E-state index in [1.54, 1.807) is 23.7 Å². The summed E-state index contributed by atoms with van der Waals surface area (Å²) < 4.78 is 0. The van der Waals surface area contributed by atoms with Crippen LogP contribution in [0.4, 0.5) is 11.6 Å². The first-order valence-electron chi connectivity index (χ1n) is 5.69. The van der Waals surface area contributed by atoms with Gasteiger partial charge in [0.1, 0.15) is 0 Å². The standard InChI is InChI=1S/C12H14N4S/c13-9-6-14-12(15-7-9)16(10-3-4-10)8-11-2-1-5-17-11/h1-2,5-7,10H,3-4,8,13H2. The summed E-state index contributed by atoms with van der Waals surface area (Å²) in [4.78, 5) is 12.2. The first-order valence-corrected chi connectivity index (χ1v) is 6.57. The summed E-state index contributed by atoms with van der Waals surface area (Å²) in [6, 6.07) is 4.83. The molecular formula is C12H14N4S. The fraction of sp³-hybridized carbons (Fsp3) is 0.333. The van der Waals surface area contributed by atoms with Gasteiger partial charge in [-0.2, -0.15) is 0 Å². The summed E-state index contributed by atoms with van der Waals surface area (Å²) in [5.41, 5.74) is 6.22. The zero-order valence-corrected chi connectivity index (χ0v) is 10.2. The van der Waals surface area contributed by atoms with Gasteiger partial charge in [-0.15, -0.1) is 11.3 Å². The molecule has 17 heavy (non-hydrogen) atoms. The van der Waals surface area contributed by atoms with Gasteiger partial charge in [0, 0.05) is 10.9 Å². The molecule has 4 nitrogen and oxygen atoms in total. The van der Waals surface area contributed by atoms with E-state index in [2.05, 4.69) is 32.4 Å². The van der Waals surface area contributed by atoms with Crippen LogP contribution < -0.4 is 10.6 Å². The normalized spacial score (nSPS) is 14.8. The van der Waals surface area contributed by atoms with Crippen LogP contribution in [-0.4, -0.2) is 16.0 Å². The monoisotopic (exact) mass is 246 g/mol. The van der Waals surface area contributed by atoms with Crippen LogP contribution in [0.3, 0.4) is 0 Å². The SMILES string of the molecule is Nc1cnc(N(Cc2cccs2)C2CC2)nc1. The molecular weight excluding hydrogens is 232 g/mol. The molecule has 1 fully saturated rings. The van der Waals surface area contributed by atoms with Crippen molar-refractivity contribution in [1.29, 1.82) is 0 Å². The summed E-state index contributed by atoms with van der Waals surface area (Å²) in [5, 5.41) is 2.10. The summed E-state index contributed by atoms with van der Waals surface area (Å²) >= 11 is 1.77. The number of hydrogen-bond acceptors (Lipinski definition) is 5. The van der Waals surface area contributed by atoms with Gasteiger partial charge in [-0.05, 0) is 24.3 Å². The maximum atomic E-state index is 5.61. The number of thiophene rings is 1. The third-order valence-corrected chi connectivity index (χ3v) is 3.67. The predicted molar refractivity (Wildman–Crippen MR) is 70.0 cm³/mol. The van der Waals surface area contributed by atoms with Gasteiger partial charge in [-0.25, -0.2) is 9.97 Å². The molecule has 88 valence electrons. The summed E-state index contributed by atoms with van der Waals surface area (Å²) in [6.07, 6.45) is 5.82. The molecule has 1 aliphatic carbocycles. The molecule has 5 heteroatoms. The van der Waals surface area contributed by atoms with E-state index in [0.29, 0.717) is 11.7 Å². The highest BCUT2D eigenvalue weighted by molar-refractivity contribution is 7.09. The molecule has 0 spiro atoms. The second-order valence-electron chi connectivity index (χ2n) is 4.25. The minimum Gasteiger partial charge on any atom is -0.396 e.